The summed E-state index contributed by atoms with van der Waals surface area (Å²) in [6.45, 7) is 0. The molecule has 0 radical (unpaired) electrons. The van der Waals surface area contributed by atoms with Gasteiger partial charge in [0.1, 0.15) is 10.9 Å². The van der Waals surface area contributed by atoms with Crippen LogP contribution in [-0.2, 0) is 0 Å². The maximum atomic E-state index is 13.0. The van der Waals surface area contributed by atoms with E-state index in [1.165, 1.54) is 6.07 Å². The first kappa shape index (κ1) is 13.2. The lowest BCUT2D eigenvalue weighted by Crippen LogP contribution is -1.96. The first-order chi connectivity index (χ1) is 8.97. The highest BCUT2D eigenvalue weighted by Crippen LogP contribution is 2.31. The molecule has 1 heterocycles. The molecule has 2 aromatic rings. The van der Waals surface area contributed by atoms with Gasteiger partial charge in [0, 0.05) is 12.1 Å². The molecule has 8 heteroatoms. The Morgan fingerprint density at radius 1 is 1.21 bits per heavy atom. The fourth-order valence-electron chi connectivity index (χ4n) is 1.28. The summed E-state index contributed by atoms with van der Waals surface area (Å²) in [5.41, 5.74) is -0.436. The Bertz CT molecular complexity index is 652. The molecular weight excluding hydrogens is 282 g/mol. The highest BCUT2D eigenvalue weighted by Gasteiger charge is 2.18. The Labute approximate surface area is 110 Å². The Hall–Kier alpha value is -2.28. The maximum Gasteiger partial charge on any atom is 0.331 e. The van der Waals surface area contributed by atoms with E-state index in [4.69, 9.17) is 16.3 Å². The number of hydrogen-bond acceptors (Lipinski definition) is 4. The summed E-state index contributed by atoms with van der Waals surface area (Å²) < 4.78 is 30.8. The second-order valence-corrected chi connectivity index (χ2v) is 3.78. The molecule has 0 spiro atoms. The molecule has 0 saturated carbocycles. The fraction of sp³-hybridized carbons (Fsp3) is 0. The van der Waals surface area contributed by atoms with Crippen LogP contribution in [0.1, 0.15) is 0 Å². The van der Waals surface area contributed by atoms with Crippen LogP contribution in [0.3, 0.4) is 0 Å². The van der Waals surface area contributed by atoms with Crippen molar-refractivity contribution >= 4 is 17.3 Å². The van der Waals surface area contributed by atoms with Crippen molar-refractivity contribution in [3.8, 4) is 11.6 Å². The zero-order chi connectivity index (χ0) is 14.0. The first-order valence-corrected chi connectivity index (χ1v) is 5.29. The molecule has 98 valence electrons. The minimum Gasteiger partial charge on any atom is -0.434 e. The summed E-state index contributed by atoms with van der Waals surface area (Å²) in [4.78, 5) is 13.7. The van der Waals surface area contributed by atoms with Crippen LogP contribution in [-0.4, -0.2) is 9.91 Å². The van der Waals surface area contributed by atoms with Crippen LogP contribution in [0, 0.1) is 21.7 Å². The van der Waals surface area contributed by atoms with Gasteiger partial charge in [-0.15, -0.1) is 0 Å². The van der Waals surface area contributed by atoms with Crippen LogP contribution >= 0.6 is 11.6 Å². The number of benzene rings is 1. The van der Waals surface area contributed by atoms with Crippen LogP contribution in [0.4, 0.5) is 14.5 Å². The second kappa shape index (κ2) is 5.15. The minimum absolute atomic E-state index is 0.0248. The zero-order valence-electron chi connectivity index (χ0n) is 9.14. The van der Waals surface area contributed by atoms with Gasteiger partial charge < -0.3 is 4.74 Å². The SMILES string of the molecule is O=[N+]([O-])c1ccc(Cl)nc1Oc1ccc(F)c(F)c1. The number of aromatic nitrogens is 1. The van der Waals surface area contributed by atoms with Gasteiger partial charge in [0.15, 0.2) is 11.6 Å². The van der Waals surface area contributed by atoms with Crippen molar-refractivity contribution in [2.45, 2.75) is 0 Å². The average molecular weight is 287 g/mol. The predicted molar refractivity (Wildman–Crippen MR) is 62.3 cm³/mol. The highest BCUT2D eigenvalue weighted by molar-refractivity contribution is 6.29. The van der Waals surface area contributed by atoms with Crippen molar-refractivity contribution in [2.24, 2.45) is 0 Å². The van der Waals surface area contributed by atoms with Gasteiger partial charge in [-0.05, 0) is 18.2 Å². The summed E-state index contributed by atoms with van der Waals surface area (Å²) in [5.74, 6) is -2.72. The molecule has 5 nitrogen and oxygen atoms in total. The van der Waals surface area contributed by atoms with E-state index in [2.05, 4.69) is 4.98 Å². The van der Waals surface area contributed by atoms with Gasteiger partial charge in [0.05, 0.1) is 4.92 Å². The molecule has 0 bridgehead atoms. The predicted octanol–water partition coefficient (Wildman–Crippen LogP) is 3.71. The number of ether oxygens (including phenoxy) is 1. The van der Waals surface area contributed by atoms with Crippen LogP contribution in [0.15, 0.2) is 30.3 Å². The summed E-state index contributed by atoms with van der Waals surface area (Å²) >= 11 is 5.60. The van der Waals surface area contributed by atoms with Crippen LogP contribution in [0.2, 0.25) is 5.15 Å². The topological polar surface area (TPSA) is 65.3 Å². The molecule has 0 aliphatic rings. The molecule has 0 aliphatic heterocycles. The van der Waals surface area contributed by atoms with Crippen molar-refractivity contribution in [3.63, 3.8) is 0 Å². The molecule has 0 saturated heterocycles. The van der Waals surface area contributed by atoms with Crippen LogP contribution in [0.5, 0.6) is 11.6 Å². The number of halogens is 3. The Morgan fingerprint density at radius 3 is 2.58 bits per heavy atom. The van der Waals surface area contributed by atoms with Gasteiger partial charge in [-0.3, -0.25) is 10.1 Å². The normalized spacial score (nSPS) is 10.3. The number of hydrogen-bond donors (Lipinski definition) is 0. The third kappa shape index (κ3) is 2.94. The monoisotopic (exact) mass is 286 g/mol. The highest BCUT2D eigenvalue weighted by atomic mass is 35.5. The Morgan fingerprint density at radius 2 is 1.95 bits per heavy atom. The van der Waals surface area contributed by atoms with Crippen LogP contribution in [0.25, 0.3) is 0 Å². The molecule has 2 rings (SSSR count). The summed E-state index contributed by atoms with van der Waals surface area (Å²) in [6, 6.07) is 5.02. The zero-order valence-corrected chi connectivity index (χ0v) is 9.90. The van der Waals surface area contributed by atoms with E-state index < -0.39 is 28.1 Å². The molecule has 0 aliphatic carbocycles. The van der Waals surface area contributed by atoms with Crippen LogP contribution < -0.4 is 4.74 Å². The lowest BCUT2D eigenvalue weighted by molar-refractivity contribution is -0.386. The molecule has 0 fully saturated rings. The van der Waals surface area contributed by atoms with Crippen molar-refractivity contribution in [2.75, 3.05) is 0 Å². The lowest BCUT2D eigenvalue weighted by Gasteiger charge is -2.05. The van der Waals surface area contributed by atoms with Crippen molar-refractivity contribution in [3.05, 3.63) is 57.2 Å². The number of nitro groups is 1. The van der Waals surface area contributed by atoms with Crippen molar-refractivity contribution < 1.29 is 18.4 Å². The second-order valence-electron chi connectivity index (χ2n) is 3.39. The molecule has 19 heavy (non-hydrogen) atoms. The number of pyridine rings is 1. The molecular formula is C11H5ClF2N2O3. The summed E-state index contributed by atoms with van der Waals surface area (Å²) in [6.07, 6.45) is 0. The Balaban J connectivity index is 2.39. The van der Waals surface area contributed by atoms with Crippen molar-refractivity contribution in [1.82, 2.24) is 4.98 Å². The van der Waals surface area contributed by atoms with E-state index >= 15 is 0 Å². The molecule has 0 unspecified atom stereocenters. The number of rotatable bonds is 3. The van der Waals surface area contributed by atoms with Gasteiger partial charge in [0.2, 0.25) is 0 Å². The van der Waals surface area contributed by atoms with Gasteiger partial charge in [-0.1, -0.05) is 11.6 Å². The average Bonchev–Trinajstić information content (AvgIpc) is 2.33. The summed E-state index contributed by atoms with van der Waals surface area (Å²) in [7, 11) is 0. The van der Waals surface area contributed by atoms with E-state index in [1.807, 2.05) is 0 Å². The molecule has 1 aromatic carbocycles. The molecule has 0 atom stereocenters. The first-order valence-electron chi connectivity index (χ1n) is 4.91. The quantitative estimate of drug-likeness (QED) is 0.490. The summed E-state index contributed by atoms with van der Waals surface area (Å²) in [5, 5.41) is 10.7. The lowest BCUT2D eigenvalue weighted by atomic mass is 10.3. The largest absolute Gasteiger partial charge is 0.434 e. The fourth-order valence-corrected chi connectivity index (χ4v) is 1.42. The van der Waals surface area contributed by atoms with E-state index in [9.17, 15) is 18.9 Å². The number of nitrogens with zero attached hydrogens (tertiary/aromatic N) is 2. The smallest absolute Gasteiger partial charge is 0.331 e. The van der Waals surface area contributed by atoms with Gasteiger partial charge in [-0.2, -0.15) is 4.98 Å². The molecule has 0 N–H and O–H groups in total. The van der Waals surface area contributed by atoms with Gasteiger partial charge in [0.25, 0.3) is 0 Å². The third-order valence-electron chi connectivity index (χ3n) is 2.11. The molecule has 0 amide bonds. The van der Waals surface area contributed by atoms with E-state index in [1.54, 1.807) is 0 Å². The Kier molecular flexibility index (Phi) is 3.57. The van der Waals surface area contributed by atoms with Gasteiger partial charge >= 0.3 is 11.6 Å². The van der Waals surface area contributed by atoms with E-state index in [0.717, 1.165) is 24.3 Å². The molecule has 1 aromatic heterocycles. The van der Waals surface area contributed by atoms with Crippen molar-refractivity contribution in [1.29, 1.82) is 0 Å². The minimum atomic E-state index is -1.14. The standard InChI is InChI=1S/C11H5ClF2N2O3/c12-10-4-3-9(16(17)18)11(15-10)19-6-1-2-7(13)8(14)5-6/h1-5H. The van der Waals surface area contributed by atoms with E-state index in [-0.39, 0.29) is 10.9 Å². The third-order valence-corrected chi connectivity index (χ3v) is 2.32. The van der Waals surface area contributed by atoms with Gasteiger partial charge in [-0.25, -0.2) is 8.78 Å². The maximum absolute atomic E-state index is 13.0. The van der Waals surface area contributed by atoms with E-state index in [0.29, 0.717) is 0 Å².